The lowest BCUT2D eigenvalue weighted by Crippen LogP contribution is -2.33. The number of ketones is 1. The molecule has 0 spiro atoms. The van der Waals surface area contributed by atoms with Gasteiger partial charge in [-0.3, -0.25) is 24.1 Å². The van der Waals surface area contributed by atoms with Gasteiger partial charge in [0, 0.05) is 23.6 Å². The molecule has 2 amide bonds. The zero-order valence-corrected chi connectivity index (χ0v) is 18.3. The van der Waals surface area contributed by atoms with Crippen LogP contribution >= 0.6 is 11.6 Å². The van der Waals surface area contributed by atoms with Crippen molar-refractivity contribution in [3.63, 3.8) is 0 Å². The lowest BCUT2D eigenvalue weighted by Gasteiger charge is -2.17. The fourth-order valence-electron chi connectivity index (χ4n) is 3.87. The summed E-state index contributed by atoms with van der Waals surface area (Å²) in [5, 5.41) is 10.2. The van der Waals surface area contributed by atoms with Crippen LogP contribution in [0.4, 0.5) is 0 Å². The number of rotatable bonds is 8. The summed E-state index contributed by atoms with van der Waals surface area (Å²) in [6.07, 6.45) is -0.228. The Morgan fingerprint density at radius 3 is 1.85 bits per heavy atom. The number of carboxylic acids is 1. The second kappa shape index (κ2) is 9.38. The molecule has 0 bridgehead atoms. The molecule has 1 aliphatic heterocycles. The lowest BCUT2D eigenvalue weighted by molar-refractivity contribution is -0.142. The minimum absolute atomic E-state index is 0.00456. The fraction of sp³-hybridized carbons (Fsp3) is 0.154. The van der Waals surface area contributed by atoms with Crippen LogP contribution in [0.5, 0.6) is 0 Å². The first-order valence-corrected chi connectivity index (χ1v) is 10.8. The van der Waals surface area contributed by atoms with Crippen molar-refractivity contribution < 1.29 is 24.3 Å². The van der Waals surface area contributed by atoms with E-state index in [0.29, 0.717) is 21.7 Å². The Morgan fingerprint density at radius 1 is 0.818 bits per heavy atom. The van der Waals surface area contributed by atoms with E-state index in [1.54, 1.807) is 60.7 Å². The second-order valence-corrected chi connectivity index (χ2v) is 8.28. The van der Waals surface area contributed by atoms with Gasteiger partial charge in [0.2, 0.25) is 0 Å². The standard InChI is InChI=1S/C26H20ClNO5/c27-20-11-9-17(10-12-20)16-5-7-18(8-6-16)23(29)15-19(26(32)33)13-14-28-24(30)21-3-1-2-4-22(21)25(28)31/h1-12,19H,13-15H2,(H,32,33)/t19-/m0/s1. The van der Waals surface area contributed by atoms with Gasteiger partial charge in [0.1, 0.15) is 0 Å². The lowest BCUT2D eigenvalue weighted by atomic mass is 9.94. The molecular weight excluding hydrogens is 442 g/mol. The van der Waals surface area contributed by atoms with E-state index < -0.39 is 23.7 Å². The van der Waals surface area contributed by atoms with Crippen molar-refractivity contribution in [3.8, 4) is 11.1 Å². The third-order valence-corrected chi connectivity index (χ3v) is 6.00. The van der Waals surface area contributed by atoms with E-state index in [4.69, 9.17) is 11.6 Å². The van der Waals surface area contributed by atoms with E-state index in [2.05, 4.69) is 0 Å². The number of hydrogen-bond acceptors (Lipinski definition) is 4. The Labute approximate surface area is 195 Å². The van der Waals surface area contributed by atoms with Gasteiger partial charge in [0.25, 0.3) is 11.8 Å². The minimum atomic E-state index is -1.14. The molecule has 0 saturated heterocycles. The Morgan fingerprint density at radius 2 is 1.33 bits per heavy atom. The van der Waals surface area contributed by atoms with Gasteiger partial charge < -0.3 is 5.11 Å². The molecule has 6 nitrogen and oxygen atoms in total. The number of hydrogen-bond donors (Lipinski definition) is 1. The second-order valence-electron chi connectivity index (χ2n) is 7.84. The third-order valence-electron chi connectivity index (χ3n) is 5.74. The molecular formula is C26H20ClNO5. The molecule has 0 unspecified atom stereocenters. The highest BCUT2D eigenvalue weighted by atomic mass is 35.5. The normalized spacial score (nSPS) is 13.7. The molecule has 0 aliphatic carbocycles. The van der Waals surface area contributed by atoms with Crippen LogP contribution in [0.1, 0.15) is 43.9 Å². The molecule has 0 radical (unpaired) electrons. The van der Waals surface area contributed by atoms with Gasteiger partial charge in [-0.15, -0.1) is 0 Å². The van der Waals surface area contributed by atoms with E-state index in [1.807, 2.05) is 12.1 Å². The molecule has 3 aromatic carbocycles. The molecule has 1 aliphatic rings. The van der Waals surface area contributed by atoms with Crippen molar-refractivity contribution in [1.82, 2.24) is 4.90 Å². The molecule has 33 heavy (non-hydrogen) atoms. The fourth-order valence-corrected chi connectivity index (χ4v) is 4.00. The van der Waals surface area contributed by atoms with Crippen molar-refractivity contribution in [2.24, 2.45) is 5.92 Å². The summed E-state index contributed by atoms with van der Waals surface area (Å²) in [7, 11) is 0. The highest BCUT2D eigenvalue weighted by Crippen LogP contribution is 2.25. The van der Waals surface area contributed by atoms with Crippen LogP contribution < -0.4 is 0 Å². The van der Waals surface area contributed by atoms with E-state index in [1.165, 1.54) is 0 Å². The maximum absolute atomic E-state index is 12.7. The Hall–Kier alpha value is -3.77. The Balaban J connectivity index is 1.40. The number of carboxylic acid groups (broad SMARTS) is 1. The summed E-state index contributed by atoms with van der Waals surface area (Å²) in [5.74, 6) is -3.35. The van der Waals surface area contributed by atoms with Gasteiger partial charge in [-0.1, -0.05) is 60.1 Å². The van der Waals surface area contributed by atoms with Crippen LogP contribution in [0.3, 0.4) is 0 Å². The maximum atomic E-state index is 12.7. The summed E-state index contributed by atoms with van der Waals surface area (Å²) in [4.78, 5) is 50.5. The predicted molar refractivity (Wildman–Crippen MR) is 123 cm³/mol. The van der Waals surface area contributed by atoms with Gasteiger partial charge in [-0.2, -0.15) is 0 Å². The van der Waals surface area contributed by atoms with Gasteiger partial charge in [0.15, 0.2) is 5.78 Å². The number of amides is 2. The molecule has 1 heterocycles. The SMILES string of the molecule is O=C(C[C@H](CCN1C(=O)c2ccccc2C1=O)C(=O)O)c1ccc(-c2ccc(Cl)cc2)cc1. The number of aliphatic carboxylic acids is 1. The van der Waals surface area contributed by atoms with Crippen LogP contribution in [-0.4, -0.2) is 40.1 Å². The topological polar surface area (TPSA) is 91.8 Å². The number of carbonyl (C=O) groups excluding carboxylic acids is 3. The number of nitrogens with zero attached hydrogens (tertiary/aromatic N) is 1. The first-order chi connectivity index (χ1) is 15.8. The van der Waals surface area contributed by atoms with E-state index in [9.17, 15) is 24.3 Å². The molecule has 7 heteroatoms. The van der Waals surface area contributed by atoms with Crippen LogP contribution in [-0.2, 0) is 4.79 Å². The molecule has 3 aromatic rings. The first kappa shape index (κ1) is 22.4. The van der Waals surface area contributed by atoms with Crippen LogP contribution in [0, 0.1) is 5.92 Å². The first-order valence-electron chi connectivity index (χ1n) is 10.4. The van der Waals surface area contributed by atoms with Crippen molar-refractivity contribution in [3.05, 3.63) is 94.5 Å². The quantitative estimate of drug-likeness (QED) is 0.378. The number of halogens is 1. The monoisotopic (exact) mass is 461 g/mol. The van der Waals surface area contributed by atoms with Gasteiger partial charge in [-0.05, 0) is 41.8 Å². The molecule has 0 aromatic heterocycles. The van der Waals surface area contributed by atoms with Crippen LogP contribution in [0.2, 0.25) is 5.02 Å². The summed E-state index contributed by atoms with van der Waals surface area (Å²) >= 11 is 5.91. The summed E-state index contributed by atoms with van der Waals surface area (Å²) in [5.41, 5.74) is 2.88. The maximum Gasteiger partial charge on any atom is 0.307 e. The Kier molecular flexibility index (Phi) is 6.38. The molecule has 166 valence electrons. The predicted octanol–water partition coefficient (Wildman–Crippen LogP) is 4.97. The van der Waals surface area contributed by atoms with Gasteiger partial charge >= 0.3 is 5.97 Å². The highest BCUT2D eigenvalue weighted by Gasteiger charge is 2.35. The summed E-state index contributed by atoms with van der Waals surface area (Å²) in [6, 6.07) is 20.7. The van der Waals surface area contributed by atoms with Gasteiger partial charge in [0.05, 0.1) is 17.0 Å². The minimum Gasteiger partial charge on any atom is -0.481 e. The number of fused-ring (bicyclic) bond motifs is 1. The zero-order valence-electron chi connectivity index (χ0n) is 17.5. The summed E-state index contributed by atoms with van der Waals surface area (Å²) < 4.78 is 0. The third kappa shape index (κ3) is 4.71. The van der Waals surface area contributed by atoms with Crippen LogP contribution in [0.25, 0.3) is 11.1 Å². The number of benzene rings is 3. The zero-order chi connectivity index (χ0) is 23.5. The highest BCUT2D eigenvalue weighted by molar-refractivity contribution is 6.30. The number of Topliss-reactive ketones (excluding diaryl/α,β-unsaturated/α-hetero) is 1. The largest absolute Gasteiger partial charge is 0.481 e. The van der Waals surface area contributed by atoms with Crippen LogP contribution in [0.15, 0.2) is 72.8 Å². The molecule has 4 rings (SSSR count). The van der Waals surface area contributed by atoms with E-state index in [-0.39, 0.29) is 25.2 Å². The van der Waals surface area contributed by atoms with Gasteiger partial charge in [-0.25, -0.2) is 0 Å². The average molecular weight is 462 g/mol. The molecule has 0 saturated carbocycles. The number of carbonyl (C=O) groups is 4. The van der Waals surface area contributed by atoms with E-state index in [0.717, 1.165) is 16.0 Å². The van der Waals surface area contributed by atoms with Crippen molar-refractivity contribution >= 4 is 35.2 Å². The smallest absolute Gasteiger partial charge is 0.307 e. The van der Waals surface area contributed by atoms with Crippen molar-refractivity contribution in [2.45, 2.75) is 12.8 Å². The molecule has 1 N–H and O–H groups in total. The molecule has 0 fully saturated rings. The average Bonchev–Trinajstić information content (AvgIpc) is 3.07. The van der Waals surface area contributed by atoms with Crippen molar-refractivity contribution in [2.75, 3.05) is 6.54 Å². The van der Waals surface area contributed by atoms with E-state index >= 15 is 0 Å². The molecule has 1 atom stereocenters. The number of imide groups is 1. The van der Waals surface area contributed by atoms with Crippen molar-refractivity contribution in [1.29, 1.82) is 0 Å². The summed E-state index contributed by atoms with van der Waals surface area (Å²) in [6.45, 7) is -0.0634. The Bertz CT molecular complexity index is 1200.